The van der Waals surface area contributed by atoms with E-state index >= 15 is 0 Å². The van der Waals surface area contributed by atoms with E-state index in [-0.39, 0.29) is 57.9 Å². The Morgan fingerprint density at radius 2 is 1.28 bits per heavy atom. The molecule has 0 fully saturated rings. The molecule has 0 aliphatic heterocycles. The van der Waals surface area contributed by atoms with Crippen LogP contribution in [0.5, 0.6) is 0 Å². The molecule has 0 aromatic heterocycles. The van der Waals surface area contributed by atoms with E-state index < -0.39 is 5.97 Å². The molecule has 0 heterocycles. The summed E-state index contributed by atoms with van der Waals surface area (Å²) in [4.78, 5) is 16.8. The molecule has 0 aromatic rings. The van der Waals surface area contributed by atoms with Gasteiger partial charge in [-0.05, 0) is 67.2 Å². The van der Waals surface area contributed by atoms with E-state index in [2.05, 4.69) is 9.80 Å². The van der Waals surface area contributed by atoms with Crippen LogP contribution >= 0.6 is 0 Å². The van der Waals surface area contributed by atoms with E-state index in [0.29, 0.717) is 0 Å². The van der Waals surface area contributed by atoms with Crippen molar-refractivity contribution in [2.45, 2.75) is 12.8 Å². The predicted octanol–water partition coefficient (Wildman–Crippen LogP) is -4.05. The van der Waals surface area contributed by atoms with Gasteiger partial charge in [0.2, 0.25) is 0 Å². The quantitative estimate of drug-likeness (QED) is 0.382. The Morgan fingerprint density at radius 3 is 1.56 bits per heavy atom. The third-order valence-electron chi connectivity index (χ3n) is 2.51. The molecule has 0 spiro atoms. The zero-order chi connectivity index (χ0) is 13.3. The average Bonchev–Trinajstić information content (AvgIpc) is 2.15. The maximum absolute atomic E-state index is 10.6. The largest absolute Gasteiger partial charge is 1.00 e. The summed E-state index contributed by atoms with van der Waals surface area (Å²) in [5.41, 5.74) is 0. The molecule has 0 radical (unpaired) electrons. The topological polar surface area (TPSA) is 49.8 Å². The Morgan fingerprint density at radius 1 is 0.889 bits per heavy atom. The molecular formula is C12H26KN3O2. The summed E-state index contributed by atoms with van der Waals surface area (Å²) >= 11 is 0. The van der Waals surface area contributed by atoms with Crippen LogP contribution in [0.25, 0.3) is 0 Å². The first-order valence-electron chi connectivity index (χ1n) is 6.13. The van der Waals surface area contributed by atoms with Crippen molar-refractivity contribution in [3.8, 4) is 0 Å². The Hall–Kier alpha value is 0.986. The third-order valence-corrected chi connectivity index (χ3v) is 2.51. The van der Waals surface area contributed by atoms with Gasteiger partial charge in [-0.15, -0.1) is 0 Å². The van der Waals surface area contributed by atoms with Crippen LogP contribution in [0.2, 0.25) is 0 Å². The van der Waals surface area contributed by atoms with Crippen LogP contribution in [0.3, 0.4) is 0 Å². The van der Waals surface area contributed by atoms with Crippen LogP contribution in [-0.2, 0) is 4.79 Å². The van der Waals surface area contributed by atoms with E-state index in [1.54, 1.807) is 0 Å². The maximum atomic E-state index is 10.6. The summed E-state index contributed by atoms with van der Waals surface area (Å²) in [6.07, 6.45) is 1.98. The summed E-state index contributed by atoms with van der Waals surface area (Å²) in [5.74, 6) is -0.986. The van der Waals surface area contributed by atoms with E-state index in [1.165, 1.54) is 0 Å². The van der Waals surface area contributed by atoms with Gasteiger partial charge in [-0.2, -0.15) is 0 Å². The van der Waals surface area contributed by atoms with Crippen LogP contribution in [0.15, 0.2) is 0 Å². The maximum Gasteiger partial charge on any atom is 1.00 e. The van der Waals surface area contributed by atoms with Crippen LogP contribution < -0.4 is 56.5 Å². The number of nitrogens with zero attached hydrogens (tertiary/aromatic N) is 3. The molecule has 0 aromatic carbocycles. The number of carboxylic acids is 1. The SMILES string of the molecule is CN(C)CCCN(CCCN(C)C)CC(=O)[O-].[K+]. The zero-order valence-corrected chi connectivity index (χ0v) is 15.7. The Bertz CT molecular complexity index is 199. The summed E-state index contributed by atoms with van der Waals surface area (Å²) in [7, 11) is 8.09. The van der Waals surface area contributed by atoms with Crippen molar-refractivity contribution >= 4 is 5.97 Å². The molecule has 0 aliphatic rings. The molecule has 5 nitrogen and oxygen atoms in total. The fourth-order valence-electron chi connectivity index (χ4n) is 1.67. The van der Waals surface area contributed by atoms with Crippen molar-refractivity contribution in [2.75, 3.05) is 60.9 Å². The number of rotatable bonds is 10. The van der Waals surface area contributed by atoms with Gasteiger partial charge in [-0.25, -0.2) is 0 Å². The van der Waals surface area contributed by atoms with Gasteiger partial charge in [-0.1, -0.05) is 0 Å². The molecule has 0 rings (SSSR count). The van der Waals surface area contributed by atoms with Gasteiger partial charge >= 0.3 is 51.4 Å². The van der Waals surface area contributed by atoms with Crippen molar-refractivity contribution in [3.05, 3.63) is 0 Å². The van der Waals surface area contributed by atoms with Gasteiger partial charge in [0.15, 0.2) is 0 Å². The smallest absolute Gasteiger partial charge is 0.549 e. The Balaban J connectivity index is 0. The van der Waals surface area contributed by atoms with Crippen molar-refractivity contribution in [3.63, 3.8) is 0 Å². The van der Waals surface area contributed by atoms with Gasteiger partial charge in [0.25, 0.3) is 0 Å². The van der Waals surface area contributed by atoms with Crippen LogP contribution in [-0.4, -0.2) is 81.6 Å². The second-order valence-electron chi connectivity index (χ2n) is 4.96. The zero-order valence-electron chi connectivity index (χ0n) is 12.6. The summed E-state index contributed by atoms with van der Waals surface area (Å²) < 4.78 is 0. The Labute approximate surface area is 154 Å². The fraction of sp³-hybridized carbons (Fsp3) is 0.917. The van der Waals surface area contributed by atoms with Gasteiger partial charge in [0.1, 0.15) is 0 Å². The summed E-state index contributed by atoms with van der Waals surface area (Å²) in [6.45, 7) is 3.65. The van der Waals surface area contributed by atoms with Gasteiger partial charge in [0, 0.05) is 6.54 Å². The van der Waals surface area contributed by atoms with Crippen molar-refractivity contribution in [1.82, 2.24) is 14.7 Å². The number of hydrogen-bond acceptors (Lipinski definition) is 5. The van der Waals surface area contributed by atoms with E-state index in [4.69, 9.17) is 0 Å². The van der Waals surface area contributed by atoms with Gasteiger partial charge < -0.3 is 19.7 Å². The fourth-order valence-corrected chi connectivity index (χ4v) is 1.67. The summed E-state index contributed by atoms with van der Waals surface area (Å²) in [6, 6.07) is 0. The minimum atomic E-state index is -0.986. The first-order chi connectivity index (χ1) is 7.91. The first kappa shape index (κ1) is 21.3. The van der Waals surface area contributed by atoms with E-state index in [1.807, 2.05) is 33.1 Å². The third kappa shape index (κ3) is 15.0. The number of aliphatic carboxylic acids is 1. The standard InChI is InChI=1S/C12H27N3O2.K/c1-13(2)7-5-9-15(11-12(16)17)10-6-8-14(3)4;/h5-11H2,1-4H3,(H,16,17);/q;+1/p-1. The minimum Gasteiger partial charge on any atom is -0.549 e. The number of carbonyl (C=O) groups is 1. The molecule has 0 N–H and O–H groups in total. The van der Waals surface area contributed by atoms with Crippen molar-refractivity contribution in [1.29, 1.82) is 0 Å². The van der Waals surface area contributed by atoms with Crippen LogP contribution in [0.4, 0.5) is 0 Å². The molecule has 0 saturated heterocycles. The number of hydrogen-bond donors (Lipinski definition) is 0. The second kappa shape index (κ2) is 13.0. The molecule has 102 valence electrons. The molecule has 0 unspecified atom stereocenters. The van der Waals surface area contributed by atoms with Crippen molar-refractivity contribution in [2.24, 2.45) is 0 Å². The van der Waals surface area contributed by atoms with Gasteiger partial charge in [0.05, 0.1) is 5.97 Å². The molecule has 0 saturated carbocycles. The Kier molecular flexibility index (Phi) is 15.4. The van der Waals surface area contributed by atoms with E-state index in [9.17, 15) is 9.90 Å². The van der Waals surface area contributed by atoms with E-state index in [0.717, 1.165) is 39.0 Å². The van der Waals surface area contributed by atoms with Crippen molar-refractivity contribution < 1.29 is 61.3 Å². The molecule has 0 amide bonds. The second-order valence-corrected chi connectivity index (χ2v) is 4.96. The monoisotopic (exact) mass is 283 g/mol. The number of carboxylic acid groups (broad SMARTS) is 1. The summed E-state index contributed by atoms with van der Waals surface area (Å²) in [5, 5.41) is 10.6. The van der Waals surface area contributed by atoms with Crippen LogP contribution in [0.1, 0.15) is 12.8 Å². The molecule has 0 atom stereocenters. The molecule has 18 heavy (non-hydrogen) atoms. The number of carbonyl (C=O) groups excluding carboxylic acids is 1. The molecule has 6 heteroatoms. The predicted molar refractivity (Wildman–Crippen MR) is 67.8 cm³/mol. The molecule has 0 bridgehead atoms. The normalized spacial score (nSPS) is 11.1. The van der Waals surface area contributed by atoms with Crippen LogP contribution in [0, 0.1) is 0 Å². The minimum absolute atomic E-state index is 0. The molecular weight excluding hydrogens is 257 g/mol. The molecule has 0 aliphatic carbocycles. The first-order valence-corrected chi connectivity index (χ1v) is 6.13. The average molecular weight is 283 g/mol. The van der Waals surface area contributed by atoms with Gasteiger partial charge in [-0.3, -0.25) is 4.90 Å².